The van der Waals surface area contributed by atoms with Crippen molar-refractivity contribution in [3.63, 3.8) is 0 Å². The molecule has 0 saturated heterocycles. The molecule has 5 rings (SSSR count). The van der Waals surface area contributed by atoms with Crippen LogP contribution < -0.4 is 10.9 Å². The Bertz CT molecular complexity index is 1630. The standard InChI is InChI=1S/C25H21ClN6O4/c1-14(23-30-20(22(33)25(35)31(23)2)24(34)29-15-11-28-36-12-15)21(16-7-3-4-8-17(16)26)32-13-27-18-9-5-6-10-19(18)32/h3-14,21,33H,1-2H3,(H,29,34)/t14-,21+/m1/s1. The summed E-state index contributed by atoms with van der Waals surface area (Å²) >= 11 is 6.63. The molecule has 2 atom stereocenters. The van der Waals surface area contributed by atoms with Gasteiger partial charge in [0.2, 0.25) is 5.75 Å². The molecular weight excluding hydrogens is 484 g/mol. The number of nitrogens with one attached hydrogen (secondary N) is 1. The third kappa shape index (κ3) is 4.01. The Morgan fingerprint density at radius 3 is 2.67 bits per heavy atom. The number of aromatic hydroxyl groups is 1. The summed E-state index contributed by atoms with van der Waals surface area (Å²) in [6.45, 7) is 1.88. The average molecular weight is 505 g/mol. The normalized spacial score (nSPS) is 13.0. The molecule has 0 aliphatic heterocycles. The quantitative estimate of drug-likeness (QED) is 0.356. The Morgan fingerprint density at radius 1 is 1.17 bits per heavy atom. The van der Waals surface area contributed by atoms with Gasteiger partial charge in [-0.15, -0.1) is 0 Å². The van der Waals surface area contributed by atoms with Gasteiger partial charge in [0.05, 0.1) is 29.6 Å². The molecule has 3 aromatic heterocycles. The summed E-state index contributed by atoms with van der Waals surface area (Å²) in [4.78, 5) is 34.8. The number of hydrogen-bond acceptors (Lipinski definition) is 7. The monoisotopic (exact) mass is 504 g/mol. The number of amides is 1. The fourth-order valence-electron chi connectivity index (χ4n) is 4.35. The fourth-order valence-corrected chi connectivity index (χ4v) is 4.59. The van der Waals surface area contributed by atoms with Gasteiger partial charge in [0.15, 0.2) is 5.69 Å². The predicted octanol–water partition coefficient (Wildman–Crippen LogP) is 4.12. The summed E-state index contributed by atoms with van der Waals surface area (Å²) < 4.78 is 7.92. The van der Waals surface area contributed by atoms with Crippen molar-refractivity contribution in [2.75, 3.05) is 5.32 Å². The Kier molecular flexibility index (Phi) is 6.03. The molecule has 0 aliphatic carbocycles. The molecule has 2 N–H and O–H groups in total. The average Bonchev–Trinajstić information content (AvgIpc) is 3.54. The maximum absolute atomic E-state index is 13.0. The minimum Gasteiger partial charge on any atom is -0.501 e. The highest BCUT2D eigenvalue weighted by atomic mass is 35.5. The minimum atomic E-state index is -0.774. The lowest BCUT2D eigenvalue weighted by molar-refractivity contribution is 0.101. The molecule has 10 nitrogen and oxygen atoms in total. The molecule has 0 fully saturated rings. The van der Waals surface area contributed by atoms with E-state index in [4.69, 9.17) is 16.1 Å². The molecule has 3 heterocycles. The first-order valence-corrected chi connectivity index (χ1v) is 11.4. The Labute approximate surface area is 209 Å². The van der Waals surface area contributed by atoms with E-state index in [1.807, 2.05) is 54.0 Å². The van der Waals surface area contributed by atoms with Crippen LogP contribution >= 0.6 is 11.6 Å². The SMILES string of the molecule is C[C@@H](c1nc(C(=O)Nc2cnoc2)c(O)c(=O)n1C)[C@@H](c1ccccc1Cl)n1cnc2ccccc21. The zero-order valence-corrected chi connectivity index (χ0v) is 20.0. The topological polar surface area (TPSA) is 128 Å². The van der Waals surface area contributed by atoms with Crippen LogP contribution in [0, 0.1) is 0 Å². The third-order valence-electron chi connectivity index (χ3n) is 6.09. The molecular formula is C25H21ClN6O4. The summed E-state index contributed by atoms with van der Waals surface area (Å²) in [5.41, 5.74) is 1.54. The van der Waals surface area contributed by atoms with E-state index in [0.29, 0.717) is 5.02 Å². The van der Waals surface area contributed by atoms with Gasteiger partial charge in [0.1, 0.15) is 17.8 Å². The molecule has 0 radical (unpaired) electrons. The highest BCUT2D eigenvalue weighted by molar-refractivity contribution is 6.31. The van der Waals surface area contributed by atoms with Gasteiger partial charge in [-0.05, 0) is 23.8 Å². The molecule has 0 unspecified atom stereocenters. The number of aromatic nitrogens is 5. The summed E-state index contributed by atoms with van der Waals surface area (Å²) in [6.07, 6.45) is 4.22. The van der Waals surface area contributed by atoms with Crippen molar-refractivity contribution >= 4 is 34.2 Å². The first-order valence-electron chi connectivity index (χ1n) is 11.0. The summed E-state index contributed by atoms with van der Waals surface area (Å²) in [5, 5.41) is 17.0. The van der Waals surface area contributed by atoms with Crippen molar-refractivity contribution in [1.82, 2.24) is 24.3 Å². The molecule has 0 aliphatic rings. The zero-order valence-electron chi connectivity index (χ0n) is 19.3. The number of carbonyl (C=O) groups excluding carboxylic acids is 1. The molecule has 0 spiro atoms. The zero-order chi connectivity index (χ0) is 25.4. The Balaban J connectivity index is 1.67. The second-order valence-electron chi connectivity index (χ2n) is 8.29. The van der Waals surface area contributed by atoms with Gasteiger partial charge in [-0.3, -0.25) is 14.2 Å². The first-order chi connectivity index (χ1) is 17.4. The molecule has 36 heavy (non-hydrogen) atoms. The molecule has 0 saturated carbocycles. The lowest BCUT2D eigenvalue weighted by Crippen LogP contribution is -2.30. The number of fused-ring (bicyclic) bond motifs is 1. The van der Waals surface area contributed by atoms with Gasteiger partial charge >= 0.3 is 0 Å². The molecule has 0 bridgehead atoms. The summed E-state index contributed by atoms with van der Waals surface area (Å²) in [5.74, 6) is -1.74. The van der Waals surface area contributed by atoms with E-state index < -0.39 is 34.9 Å². The van der Waals surface area contributed by atoms with Crippen molar-refractivity contribution < 1.29 is 14.4 Å². The number of imidazole rings is 1. The van der Waals surface area contributed by atoms with Crippen LogP contribution in [0.3, 0.4) is 0 Å². The number of nitrogens with zero attached hydrogens (tertiary/aromatic N) is 5. The fraction of sp³-hybridized carbons (Fsp3) is 0.160. The van der Waals surface area contributed by atoms with Gasteiger partial charge in [-0.2, -0.15) is 0 Å². The number of carbonyl (C=O) groups is 1. The molecule has 11 heteroatoms. The lowest BCUT2D eigenvalue weighted by atomic mass is 9.92. The van der Waals surface area contributed by atoms with Crippen LogP contribution in [-0.4, -0.2) is 35.3 Å². The smallest absolute Gasteiger partial charge is 0.296 e. The number of benzene rings is 2. The number of halogens is 1. The second-order valence-corrected chi connectivity index (χ2v) is 8.70. The van der Waals surface area contributed by atoms with Crippen molar-refractivity contribution in [2.45, 2.75) is 18.9 Å². The number of anilines is 1. The third-order valence-corrected chi connectivity index (χ3v) is 6.44. The van der Waals surface area contributed by atoms with E-state index in [-0.39, 0.29) is 11.5 Å². The number of rotatable bonds is 6. The van der Waals surface area contributed by atoms with Crippen molar-refractivity contribution in [3.05, 3.63) is 99.8 Å². The van der Waals surface area contributed by atoms with Crippen molar-refractivity contribution in [1.29, 1.82) is 0 Å². The molecule has 182 valence electrons. The van der Waals surface area contributed by atoms with Gasteiger partial charge in [-0.1, -0.05) is 54.0 Å². The predicted molar refractivity (Wildman–Crippen MR) is 133 cm³/mol. The van der Waals surface area contributed by atoms with Gasteiger partial charge in [0, 0.05) is 18.0 Å². The maximum atomic E-state index is 13.0. The maximum Gasteiger partial charge on any atom is 0.296 e. The van der Waals surface area contributed by atoms with Crippen LogP contribution in [0.2, 0.25) is 5.02 Å². The first kappa shape index (κ1) is 23.3. The van der Waals surface area contributed by atoms with Crippen LogP contribution in [0.15, 0.2) is 76.6 Å². The van der Waals surface area contributed by atoms with Crippen LogP contribution in [-0.2, 0) is 7.05 Å². The van der Waals surface area contributed by atoms with E-state index >= 15 is 0 Å². The minimum absolute atomic E-state index is 0.260. The van der Waals surface area contributed by atoms with Crippen LogP contribution in [0.25, 0.3) is 11.0 Å². The largest absolute Gasteiger partial charge is 0.501 e. The second kappa shape index (κ2) is 9.31. The number of para-hydroxylation sites is 2. The highest BCUT2D eigenvalue weighted by Crippen LogP contribution is 2.38. The van der Waals surface area contributed by atoms with Crippen LogP contribution in [0.5, 0.6) is 5.75 Å². The van der Waals surface area contributed by atoms with Gasteiger partial charge < -0.3 is 19.5 Å². The van der Waals surface area contributed by atoms with Gasteiger partial charge in [0.25, 0.3) is 11.5 Å². The summed E-state index contributed by atoms with van der Waals surface area (Å²) in [7, 11) is 1.50. The molecule has 2 aromatic carbocycles. The van der Waals surface area contributed by atoms with E-state index in [1.165, 1.54) is 24.1 Å². The van der Waals surface area contributed by atoms with E-state index in [0.717, 1.165) is 16.6 Å². The van der Waals surface area contributed by atoms with Crippen molar-refractivity contribution in [2.24, 2.45) is 7.05 Å². The van der Waals surface area contributed by atoms with E-state index in [9.17, 15) is 14.7 Å². The Hall–Kier alpha value is -4.44. The van der Waals surface area contributed by atoms with Crippen LogP contribution in [0.4, 0.5) is 5.69 Å². The molecule has 1 amide bonds. The van der Waals surface area contributed by atoms with E-state index in [1.54, 1.807) is 12.4 Å². The summed E-state index contributed by atoms with van der Waals surface area (Å²) in [6, 6.07) is 14.6. The van der Waals surface area contributed by atoms with Crippen LogP contribution in [0.1, 0.15) is 40.8 Å². The molecule has 5 aromatic rings. The van der Waals surface area contributed by atoms with Gasteiger partial charge in [-0.25, -0.2) is 9.97 Å². The lowest BCUT2D eigenvalue weighted by Gasteiger charge is -2.28. The Morgan fingerprint density at radius 2 is 1.92 bits per heavy atom. The number of hydrogen-bond donors (Lipinski definition) is 2. The van der Waals surface area contributed by atoms with E-state index in [2.05, 4.69) is 20.4 Å². The van der Waals surface area contributed by atoms with Crippen molar-refractivity contribution in [3.8, 4) is 5.75 Å². The highest BCUT2D eigenvalue weighted by Gasteiger charge is 2.31.